The monoisotopic (exact) mass is 375 g/mol. The fourth-order valence-corrected chi connectivity index (χ4v) is 3.51. The smallest absolute Gasteiger partial charge is 0.296 e. The van der Waals surface area contributed by atoms with E-state index in [2.05, 4.69) is 39.2 Å². The van der Waals surface area contributed by atoms with Gasteiger partial charge in [0.25, 0.3) is 6.01 Å². The van der Waals surface area contributed by atoms with Gasteiger partial charge in [0.2, 0.25) is 0 Å². The van der Waals surface area contributed by atoms with E-state index in [1.54, 1.807) is 0 Å². The summed E-state index contributed by atoms with van der Waals surface area (Å²) in [6.45, 7) is 0. The van der Waals surface area contributed by atoms with Gasteiger partial charge in [-0.3, -0.25) is 0 Å². The molecule has 4 aromatic rings. The average Bonchev–Trinajstić information content (AvgIpc) is 3.06. The fourth-order valence-electron chi connectivity index (χ4n) is 3.25. The Hall–Kier alpha value is -2.85. The van der Waals surface area contributed by atoms with Crippen molar-refractivity contribution in [1.82, 2.24) is 15.0 Å². The molecule has 1 saturated carbocycles. The summed E-state index contributed by atoms with van der Waals surface area (Å²) in [4.78, 5) is 12.3. The minimum absolute atomic E-state index is 0.269. The van der Waals surface area contributed by atoms with Crippen LogP contribution in [0, 0.1) is 0 Å². The number of H-pyrrole nitrogens is 1. The van der Waals surface area contributed by atoms with Gasteiger partial charge < -0.3 is 9.72 Å². The molecule has 5 heteroatoms. The van der Waals surface area contributed by atoms with Crippen LogP contribution in [0.5, 0.6) is 6.01 Å². The van der Waals surface area contributed by atoms with E-state index in [1.165, 1.54) is 12.0 Å². The highest BCUT2D eigenvalue weighted by Crippen LogP contribution is 2.32. The number of rotatable bonds is 4. The zero-order chi connectivity index (χ0) is 18.2. The molecule has 2 aromatic heterocycles. The quantitative estimate of drug-likeness (QED) is 0.484. The van der Waals surface area contributed by atoms with Gasteiger partial charge >= 0.3 is 0 Å². The number of benzene rings is 2. The van der Waals surface area contributed by atoms with Crippen LogP contribution in [0.15, 0.2) is 60.7 Å². The van der Waals surface area contributed by atoms with E-state index < -0.39 is 0 Å². The Morgan fingerprint density at radius 3 is 2.30 bits per heavy atom. The summed E-state index contributed by atoms with van der Waals surface area (Å²) in [7, 11) is 0. The van der Waals surface area contributed by atoms with E-state index in [0.29, 0.717) is 16.7 Å². The van der Waals surface area contributed by atoms with Crippen LogP contribution in [-0.4, -0.2) is 21.1 Å². The predicted molar refractivity (Wildman–Crippen MR) is 108 cm³/mol. The van der Waals surface area contributed by atoms with Crippen LogP contribution in [0.3, 0.4) is 0 Å². The number of imidazole rings is 1. The lowest BCUT2D eigenvalue weighted by atomic mass is 9.96. The minimum Gasteiger partial charge on any atom is -0.461 e. The number of ether oxygens (including phenoxy) is 1. The van der Waals surface area contributed by atoms with Crippen LogP contribution in [0.2, 0.25) is 5.02 Å². The number of pyridine rings is 1. The van der Waals surface area contributed by atoms with Crippen LogP contribution in [0.4, 0.5) is 0 Å². The Labute approximate surface area is 162 Å². The summed E-state index contributed by atoms with van der Waals surface area (Å²) >= 11 is 6.50. The van der Waals surface area contributed by atoms with Crippen molar-refractivity contribution in [3.05, 3.63) is 65.7 Å². The number of nitrogens with one attached hydrogen (secondary N) is 1. The first-order valence-corrected chi connectivity index (χ1v) is 9.53. The molecular weight excluding hydrogens is 358 g/mol. The van der Waals surface area contributed by atoms with E-state index in [1.807, 2.05) is 36.4 Å². The molecule has 4 nitrogen and oxygen atoms in total. The first kappa shape index (κ1) is 16.3. The molecule has 0 unspecified atom stereocenters. The summed E-state index contributed by atoms with van der Waals surface area (Å²) in [5, 5.41) is 0.591. The van der Waals surface area contributed by atoms with Crippen molar-refractivity contribution < 1.29 is 4.74 Å². The van der Waals surface area contributed by atoms with Crippen molar-refractivity contribution in [2.75, 3.05) is 0 Å². The van der Waals surface area contributed by atoms with Crippen molar-refractivity contribution >= 4 is 22.8 Å². The Kier molecular flexibility index (Phi) is 4.06. The molecule has 1 aliphatic rings. The molecule has 0 amide bonds. The minimum atomic E-state index is 0.269. The molecule has 134 valence electrons. The SMILES string of the molecule is Clc1cc2[nH]c(OC3CCC3)nc2nc1-c1ccc(-c2ccccc2)cc1. The molecule has 2 aromatic carbocycles. The van der Waals surface area contributed by atoms with Crippen molar-refractivity contribution in [3.8, 4) is 28.4 Å². The third-order valence-corrected chi connectivity index (χ3v) is 5.29. The van der Waals surface area contributed by atoms with E-state index in [-0.39, 0.29) is 6.10 Å². The highest BCUT2D eigenvalue weighted by Gasteiger charge is 2.21. The Bertz CT molecular complexity index is 1090. The van der Waals surface area contributed by atoms with Gasteiger partial charge in [-0.15, -0.1) is 0 Å². The van der Waals surface area contributed by atoms with Crippen molar-refractivity contribution in [2.24, 2.45) is 0 Å². The van der Waals surface area contributed by atoms with Gasteiger partial charge in [0.05, 0.1) is 16.2 Å². The van der Waals surface area contributed by atoms with Gasteiger partial charge in [0, 0.05) is 5.56 Å². The first-order chi connectivity index (χ1) is 13.3. The lowest BCUT2D eigenvalue weighted by Crippen LogP contribution is -2.24. The van der Waals surface area contributed by atoms with Gasteiger partial charge in [-0.2, -0.15) is 4.98 Å². The maximum atomic E-state index is 6.50. The topological polar surface area (TPSA) is 50.8 Å². The molecule has 5 rings (SSSR count). The normalized spacial score (nSPS) is 14.3. The molecule has 1 fully saturated rings. The second kappa shape index (κ2) is 6.71. The van der Waals surface area contributed by atoms with E-state index in [0.717, 1.165) is 35.2 Å². The summed E-state index contributed by atoms with van der Waals surface area (Å²) in [6, 6.07) is 20.9. The second-order valence-corrected chi connectivity index (χ2v) is 7.25. The number of hydrogen-bond acceptors (Lipinski definition) is 3. The highest BCUT2D eigenvalue weighted by molar-refractivity contribution is 6.33. The predicted octanol–water partition coefficient (Wildman–Crippen LogP) is 5.88. The van der Waals surface area contributed by atoms with Crippen molar-refractivity contribution in [2.45, 2.75) is 25.4 Å². The number of aromatic amines is 1. The molecule has 1 aliphatic carbocycles. The lowest BCUT2D eigenvalue weighted by molar-refractivity contribution is 0.110. The van der Waals surface area contributed by atoms with Crippen molar-refractivity contribution in [1.29, 1.82) is 0 Å². The number of fused-ring (bicyclic) bond motifs is 1. The fraction of sp³-hybridized carbons (Fsp3) is 0.182. The number of nitrogens with zero attached hydrogens (tertiary/aromatic N) is 2. The van der Waals surface area contributed by atoms with Crippen LogP contribution in [0.25, 0.3) is 33.5 Å². The first-order valence-electron chi connectivity index (χ1n) is 9.15. The van der Waals surface area contributed by atoms with Crippen LogP contribution in [-0.2, 0) is 0 Å². The van der Waals surface area contributed by atoms with E-state index >= 15 is 0 Å². The average molecular weight is 376 g/mol. The molecule has 0 atom stereocenters. The van der Waals surface area contributed by atoms with Crippen LogP contribution in [0.1, 0.15) is 19.3 Å². The third-order valence-electron chi connectivity index (χ3n) is 5.00. The summed E-state index contributed by atoms with van der Waals surface area (Å²) in [6.07, 6.45) is 3.66. The molecule has 0 saturated heterocycles. The van der Waals surface area contributed by atoms with Crippen LogP contribution < -0.4 is 4.74 Å². The second-order valence-electron chi connectivity index (χ2n) is 6.85. The number of halogens is 1. The van der Waals surface area contributed by atoms with Gasteiger partial charge in [-0.25, -0.2) is 4.98 Å². The van der Waals surface area contributed by atoms with Gasteiger partial charge in [0.15, 0.2) is 5.65 Å². The molecule has 27 heavy (non-hydrogen) atoms. The van der Waals surface area contributed by atoms with Gasteiger partial charge in [0.1, 0.15) is 6.10 Å². The molecule has 0 spiro atoms. The standard InChI is InChI=1S/C22H18ClN3O/c23-18-13-19-21(26-22(24-19)27-17-7-4-8-17)25-20(18)16-11-9-15(10-12-16)14-5-2-1-3-6-14/h1-3,5-6,9-13,17H,4,7-8H2,(H,24,25,26). The third kappa shape index (κ3) is 3.17. The molecule has 0 bridgehead atoms. The Morgan fingerprint density at radius 2 is 1.59 bits per heavy atom. The summed E-state index contributed by atoms with van der Waals surface area (Å²) < 4.78 is 5.84. The highest BCUT2D eigenvalue weighted by atomic mass is 35.5. The van der Waals surface area contributed by atoms with E-state index in [4.69, 9.17) is 16.3 Å². The molecule has 2 heterocycles. The maximum absolute atomic E-state index is 6.50. The molecule has 0 aliphatic heterocycles. The molecule has 1 N–H and O–H groups in total. The van der Waals surface area contributed by atoms with Crippen molar-refractivity contribution in [3.63, 3.8) is 0 Å². The van der Waals surface area contributed by atoms with Gasteiger partial charge in [-0.1, -0.05) is 66.2 Å². The number of aromatic nitrogens is 3. The Morgan fingerprint density at radius 1 is 0.889 bits per heavy atom. The maximum Gasteiger partial charge on any atom is 0.296 e. The van der Waals surface area contributed by atoms with Gasteiger partial charge in [-0.05, 0) is 36.5 Å². The van der Waals surface area contributed by atoms with Crippen LogP contribution >= 0.6 is 11.6 Å². The Balaban J connectivity index is 1.47. The lowest BCUT2D eigenvalue weighted by Gasteiger charge is -2.24. The molecular formula is C22H18ClN3O. The van der Waals surface area contributed by atoms with E-state index in [9.17, 15) is 0 Å². The summed E-state index contributed by atoms with van der Waals surface area (Å²) in [5.41, 5.74) is 5.45. The largest absolute Gasteiger partial charge is 0.461 e. The zero-order valence-corrected chi connectivity index (χ0v) is 15.4. The summed E-state index contributed by atoms with van der Waals surface area (Å²) in [5.74, 6) is 0. The molecule has 0 radical (unpaired) electrons. The zero-order valence-electron chi connectivity index (χ0n) is 14.7. The number of hydrogen-bond donors (Lipinski definition) is 1.